The summed E-state index contributed by atoms with van der Waals surface area (Å²) in [7, 11) is 1.71. The summed E-state index contributed by atoms with van der Waals surface area (Å²) in [6, 6.07) is 16.6. The second kappa shape index (κ2) is 6.50. The van der Waals surface area contributed by atoms with Crippen LogP contribution in [0, 0.1) is 0 Å². The first-order valence-electron chi connectivity index (χ1n) is 7.25. The number of ether oxygens (including phenoxy) is 2. The molecule has 2 atom stereocenters. The summed E-state index contributed by atoms with van der Waals surface area (Å²) < 4.78 is 11.8. The van der Waals surface area contributed by atoms with Gasteiger partial charge in [0.2, 0.25) is 0 Å². The van der Waals surface area contributed by atoms with Gasteiger partial charge in [-0.15, -0.1) is 11.6 Å². The zero-order chi connectivity index (χ0) is 14.7. The smallest absolute Gasteiger partial charge is 0.124 e. The first-order chi connectivity index (χ1) is 10.3. The van der Waals surface area contributed by atoms with Crippen LogP contribution in [-0.2, 0) is 11.2 Å². The summed E-state index contributed by atoms with van der Waals surface area (Å²) >= 11 is 5.97. The first kappa shape index (κ1) is 14.4. The SMILES string of the molecule is COc1cccc2c1C(CCCl)OC(c1ccccc1)C2. The summed E-state index contributed by atoms with van der Waals surface area (Å²) in [5.41, 5.74) is 3.67. The van der Waals surface area contributed by atoms with Crippen molar-refractivity contribution in [2.75, 3.05) is 13.0 Å². The van der Waals surface area contributed by atoms with Gasteiger partial charge >= 0.3 is 0 Å². The van der Waals surface area contributed by atoms with Crippen LogP contribution >= 0.6 is 11.6 Å². The molecule has 0 N–H and O–H groups in total. The van der Waals surface area contributed by atoms with E-state index in [-0.39, 0.29) is 12.2 Å². The van der Waals surface area contributed by atoms with Crippen LogP contribution in [0.25, 0.3) is 0 Å². The van der Waals surface area contributed by atoms with Crippen molar-refractivity contribution in [3.05, 3.63) is 65.2 Å². The van der Waals surface area contributed by atoms with Gasteiger partial charge in [-0.2, -0.15) is 0 Å². The van der Waals surface area contributed by atoms with Gasteiger partial charge < -0.3 is 9.47 Å². The summed E-state index contributed by atoms with van der Waals surface area (Å²) in [5, 5.41) is 0. The second-order valence-electron chi connectivity index (χ2n) is 5.24. The number of benzene rings is 2. The molecule has 0 aliphatic carbocycles. The molecular weight excluding hydrogens is 284 g/mol. The highest BCUT2D eigenvalue weighted by Crippen LogP contribution is 2.43. The Morgan fingerprint density at radius 1 is 1.14 bits per heavy atom. The van der Waals surface area contributed by atoms with Gasteiger partial charge in [-0.05, 0) is 23.6 Å². The molecule has 0 spiro atoms. The number of hydrogen-bond donors (Lipinski definition) is 0. The molecule has 1 aliphatic rings. The zero-order valence-electron chi connectivity index (χ0n) is 12.1. The minimum atomic E-state index is -0.00685. The minimum absolute atomic E-state index is 0.00685. The van der Waals surface area contributed by atoms with Crippen LogP contribution in [0.4, 0.5) is 0 Å². The quantitative estimate of drug-likeness (QED) is 0.764. The van der Waals surface area contributed by atoms with Crippen molar-refractivity contribution in [2.24, 2.45) is 0 Å². The maximum absolute atomic E-state index is 6.32. The van der Waals surface area contributed by atoms with Crippen molar-refractivity contribution < 1.29 is 9.47 Å². The molecule has 0 amide bonds. The average Bonchev–Trinajstić information content (AvgIpc) is 2.55. The molecule has 2 aromatic rings. The fourth-order valence-electron chi connectivity index (χ4n) is 3.00. The highest BCUT2D eigenvalue weighted by molar-refractivity contribution is 6.17. The highest BCUT2D eigenvalue weighted by atomic mass is 35.5. The van der Waals surface area contributed by atoms with E-state index < -0.39 is 0 Å². The Kier molecular flexibility index (Phi) is 4.47. The summed E-state index contributed by atoms with van der Waals surface area (Å²) in [4.78, 5) is 0. The van der Waals surface area contributed by atoms with Gasteiger partial charge in [0.15, 0.2) is 0 Å². The van der Waals surface area contributed by atoms with Crippen molar-refractivity contribution in [1.29, 1.82) is 0 Å². The Hall–Kier alpha value is -1.51. The third kappa shape index (κ3) is 2.92. The van der Waals surface area contributed by atoms with E-state index in [1.165, 1.54) is 11.1 Å². The van der Waals surface area contributed by atoms with E-state index >= 15 is 0 Å². The Balaban J connectivity index is 1.98. The van der Waals surface area contributed by atoms with Gasteiger partial charge in [0.05, 0.1) is 19.3 Å². The molecule has 0 saturated heterocycles. The van der Waals surface area contributed by atoms with E-state index in [4.69, 9.17) is 21.1 Å². The molecule has 3 rings (SSSR count). The number of halogens is 1. The summed E-state index contributed by atoms with van der Waals surface area (Å²) in [6.45, 7) is 0. The monoisotopic (exact) mass is 302 g/mol. The molecule has 0 bridgehead atoms. The minimum Gasteiger partial charge on any atom is -0.496 e. The van der Waals surface area contributed by atoms with Crippen molar-refractivity contribution in [1.82, 2.24) is 0 Å². The molecule has 1 aliphatic heterocycles. The fourth-order valence-corrected chi connectivity index (χ4v) is 3.20. The van der Waals surface area contributed by atoms with Crippen molar-refractivity contribution >= 4 is 11.6 Å². The second-order valence-corrected chi connectivity index (χ2v) is 5.62. The Morgan fingerprint density at radius 2 is 1.95 bits per heavy atom. The number of alkyl halides is 1. The van der Waals surface area contributed by atoms with E-state index in [2.05, 4.69) is 30.3 Å². The molecule has 21 heavy (non-hydrogen) atoms. The number of hydrogen-bond acceptors (Lipinski definition) is 2. The predicted octanol–water partition coefficient (Wildman–Crippen LogP) is 4.68. The molecule has 0 saturated carbocycles. The largest absolute Gasteiger partial charge is 0.496 e. The average molecular weight is 303 g/mol. The molecule has 1 heterocycles. The van der Waals surface area contributed by atoms with E-state index in [1.807, 2.05) is 18.2 Å². The lowest BCUT2D eigenvalue weighted by molar-refractivity contribution is -0.0300. The fraction of sp³-hybridized carbons (Fsp3) is 0.333. The zero-order valence-corrected chi connectivity index (χ0v) is 12.8. The third-order valence-corrected chi connectivity index (χ3v) is 4.19. The van der Waals surface area contributed by atoms with Crippen LogP contribution in [0.1, 0.15) is 35.3 Å². The maximum Gasteiger partial charge on any atom is 0.124 e. The molecule has 2 unspecified atom stereocenters. The lowest BCUT2D eigenvalue weighted by Gasteiger charge is -2.33. The van der Waals surface area contributed by atoms with E-state index in [1.54, 1.807) is 7.11 Å². The molecule has 0 radical (unpaired) electrons. The van der Waals surface area contributed by atoms with Crippen LogP contribution in [0.15, 0.2) is 48.5 Å². The van der Waals surface area contributed by atoms with Crippen LogP contribution in [0.3, 0.4) is 0 Å². The lowest BCUT2D eigenvalue weighted by atomic mass is 9.89. The van der Waals surface area contributed by atoms with Crippen LogP contribution in [0.5, 0.6) is 5.75 Å². The normalized spacial score (nSPS) is 20.9. The Morgan fingerprint density at radius 3 is 2.67 bits per heavy atom. The molecule has 0 fully saturated rings. The van der Waals surface area contributed by atoms with Gasteiger partial charge in [0.1, 0.15) is 5.75 Å². The molecule has 110 valence electrons. The van der Waals surface area contributed by atoms with Gasteiger partial charge in [-0.3, -0.25) is 0 Å². The molecule has 3 heteroatoms. The van der Waals surface area contributed by atoms with E-state index in [9.17, 15) is 0 Å². The van der Waals surface area contributed by atoms with Crippen molar-refractivity contribution in [3.63, 3.8) is 0 Å². The summed E-state index contributed by atoms with van der Waals surface area (Å²) in [6.07, 6.45) is 1.74. The van der Waals surface area contributed by atoms with E-state index in [0.717, 1.165) is 24.2 Å². The van der Waals surface area contributed by atoms with Crippen LogP contribution < -0.4 is 4.74 Å². The predicted molar refractivity (Wildman–Crippen MR) is 85.0 cm³/mol. The maximum atomic E-state index is 6.32. The molecule has 0 aromatic heterocycles. The van der Waals surface area contributed by atoms with Gasteiger partial charge in [-0.25, -0.2) is 0 Å². The summed E-state index contributed by atoms with van der Waals surface area (Å²) in [5.74, 6) is 1.47. The van der Waals surface area contributed by atoms with Crippen molar-refractivity contribution in [2.45, 2.75) is 25.0 Å². The standard InChI is InChI=1S/C18H19ClO2/c1-20-15-9-5-8-14-12-17(13-6-3-2-4-7-13)21-16(10-11-19)18(14)15/h2-9,16-17H,10-12H2,1H3. The van der Waals surface area contributed by atoms with Gasteiger partial charge in [-0.1, -0.05) is 42.5 Å². The number of methoxy groups -OCH3 is 1. The van der Waals surface area contributed by atoms with E-state index in [0.29, 0.717) is 5.88 Å². The van der Waals surface area contributed by atoms with Gasteiger partial charge in [0, 0.05) is 17.9 Å². The topological polar surface area (TPSA) is 18.5 Å². The number of fused-ring (bicyclic) bond motifs is 1. The van der Waals surface area contributed by atoms with Crippen LogP contribution in [0.2, 0.25) is 0 Å². The Labute approximate surface area is 130 Å². The third-order valence-electron chi connectivity index (χ3n) is 3.97. The highest BCUT2D eigenvalue weighted by Gasteiger charge is 2.30. The van der Waals surface area contributed by atoms with Crippen molar-refractivity contribution in [3.8, 4) is 5.75 Å². The molecule has 2 nitrogen and oxygen atoms in total. The van der Waals surface area contributed by atoms with Crippen LogP contribution in [-0.4, -0.2) is 13.0 Å². The molecule has 2 aromatic carbocycles. The molecular formula is C18H19ClO2. The first-order valence-corrected chi connectivity index (χ1v) is 7.79. The Bertz CT molecular complexity index is 597. The number of rotatable bonds is 4. The van der Waals surface area contributed by atoms with Gasteiger partial charge in [0.25, 0.3) is 0 Å². The lowest BCUT2D eigenvalue weighted by Crippen LogP contribution is -2.21.